The molecule has 6 aliphatic rings. The highest BCUT2D eigenvalue weighted by Crippen LogP contribution is 2.40. The summed E-state index contributed by atoms with van der Waals surface area (Å²) in [7, 11) is 0. The van der Waals surface area contributed by atoms with Gasteiger partial charge in [0.2, 0.25) is 0 Å². The fourth-order valence-corrected chi connectivity index (χ4v) is 13.2. The van der Waals surface area contributed by atoms with Crippen molar-refractivity contribution in [2.75, 3.05) is 6.61 Å². The third kappa shape index (κ3) is 22.8. The Bertz CT molecular complexity index is 2460. The van der Waals surface area contributed by atoms with Crippen LogP contribution in [0, 0.1) is 0 Å². The summed E-state index contributed by atoms with van der Waals surface area (Å²) in [6.07, 6.45) is -20.2. The minimum absolute atomic E-state index is 0.0539. The van der Waals surface area contributed by atoms with Gasteiger partial charge >= 0.3 is 23.9 Å². The number of carbonyl (C=O) groups is 4. The second-order valence-corrected chi connectivity index (χ2v) is 26.6. The van der Waals surface area contributed by atoms with Crippen molar-refractivity contribution in [3.63, 3.8) is 0 Å². The topological polar surface area (TPSA) is 359 Å². The second kappa shape index (κ2) is 40.5. The molecule has 0 saturated carbocycles. The smallest absolute Gasteiger partial charge is 0.331 e. The van der Waals surface area contributed by atoms with Crippen LogP contribution in [0.3, 0.4) is 0 Å². The SMILES string of the molecule is CCCCCCCCCCCC(=O)O[C@H]1[C@H](O[C@@H]2[C@@H](O)[C@H]3OC(=O)CCCCCCCCCC(CCCCC)O[C@@H]4O[C@H](C)[C@H](O)[C@H](O)[C@H]4O[C@@H]3O[C@H]2C)O[C@@H](C)[C@H](O[C@@H]2O[C@@H](C)[C@H](OC(=O)CC)[C@@H](O)[C@H]2OC(=O)/C=C/c2ccccc2)[C@H]1O[C@@H]1O[C@H](CO)[C@@H](O)[C@H](O)[C@H]1O. The molecule has 0 bridgehead atoms. The minimum Gasteiger partial charge on any atom is -0.457 e. The van der Waals surface area contributed by atoms with E-state index in [1.54, 1.807) is 44.2 Å². The maximum absolute atomic E-state index is 14.5. The monoisotopic (exact) mass is 1370 g/mol. The number of unbranched alkanes of at least 4 members (excludes halogenated alkanes) is 10. The lowest BCUT2D eigenvalue weighted by Crippen LogP contribution is -2.68. The zero-order valence-corrected chi connectivity index (χ0v) is 57.2. The number of rotatable bonds is 27. The Morgan fingerprint density at radius 2 is 1.06 bits per heavy atom. The molecule has 26 heteroatoms. The average Bonchev–Trinajstić information content (AvgIpc) is 0.764. The predicted octanol–water partition coefficient (Wildman–Crippen LogP) is 5.93. The molecule has 0 spiro atoms. The Balaban J connectivity index is 1.26. The van der Waals surface area contributed by atoms with Gasteiger partial charge in [0.25, 0.3) is 0 Å². The molecular weight excluding hydrogens is 1260 g/mol. The van der Waals surface area contributed by atoms with Crippen molar-refractivity contribution in [1.82, 2.24) is 0 Å². The van der Waals surface area contributed by atoms with Crippen LogP contribution < -0.4 is 0 Å². The van der Waals surface area contributed by atoms with E-state index in [0.29, 0.717) is 37.7 Å². The van der Waals surface area contributed by atoms with Gasteiger partial charge in [-0.25, -0.2) is 4.79 Å². The molecule has 1 aromatic rings. The first-order chi connectivity index (χ1) is 46.2. The highest BCUT2D eigenvalue weighted by atomic mass is 16.8. The normalized spacial score (nSPS) is 38.5. The summed E-state index contributed by atoms with van der Waals surface area (Å²) in [5.41, 5.74) is 0.630. The summed E-state index contributed by atoms with van der Waals surface area (Å²) in [6, 6.07) is 8.79. The number of esters is 4. The Labute approximate surface area is 565 Å². The van der Waals surface area contributed by atoms with Gasteiger partial charge < -0.3 is 107 Å². The first kappa shape index (κ1) is 79.4. The van der Waals surface area contributed by atoms with Crippen LogP contribution in [0.5, 0.6) is 0 Å². The number of aliphatic hydroxyl groups is 8. The van der Waals surface area contributed by atoms with Gasteiger partial charge in [-0.15, -0.1) is 0 Å². The number of ether oxygens (including phenoxy) is 14. The lowest BCUT2D eigenvalue weighted by Gasteiger charge is -2.51. The van der Waals surface area contributed by atoms with Crippen molar-refractivity contribution in [2.24, 2.45) is 0 Å². The van der Waals surface area contributed by atoms with Crippen LogP contribution in [0.4, 0.5) is 0 Å². The molecular formula is C70H112O26. The predicted molar refractivity (Wildman–Crippen MR) is 342 cm³/mol. The highest BCUT2D eigenvalue weighted by molar-refractivity contribution is 5.87. The Morgan fingerprint density at radius 3 is 1.74 bits per heavy atom. The molecule has 0 radical (unpaired) electrons. The molecule has 0 aromatic heterocycles. The van der Waals surface area contributed by atoms with E-state index < -0.39 is 184 Å². The van der Waals surface area contributed by atoms with E-state index >= 15 is 0 Å². The molecule has 8 N–H and O–H groups in total. The fraction of sp³-hybridized carbons (Fsp3) is 0.829. The summed E-state index contributed by atoms with van der Waals surface area (Å²) in [6.45, 7) is 11.0. The van der Waals surface area contributed by atoms with Gasteiger partial charge in [0, 0.05) is 25.3 Å². The van der Waals surface area contributed by atoms with Crippen molar-refractivity contribution >= 4 is 30.0 Å². The second-order valence-electron chi connectivity index (χ2n) is 26.6. The number of fused-ring (bicyclic) bond motifs is 2. The highest BCUT2D eigenvalue weighted by Gasteiger charge is 2.59. The van der Waals surface area contributed by atoms with E-state index in [0.717, 1.165) is 109 Å². The molecule has 0 amide bonds. The van der Waals surface area contributed by atoms with Crippen molar-refractivity contribution in [3.8, 4) is 0 Å². The standard InChI is InChI=1S/C70H112O26/c1-8-11-13-14-15-16-19-22-30-36-49(74)92-65-64(96-66-55(80)53(78)52(77)46(39-71)88-66)60(94-68-62(56(81)58(41(5)84-68)89-47(72)10-3)91-50(75)38-37-44-31-26-24-27-32-44)43(7)86-70(65)93-59-42(6)85-69-63(57(59)82)90-48(73)35-29-23-20-17-18-21-28-34-45(33-25-12-9-2)87-67-61(95-69)54(79)51(76)40(4)83-67/h24,26-27,31-32,37-38,40-43,45-46,51-71,76-82H,8-23,25,28-30,33-36,39H2,1-7H3/b38-37+/t40-,41+,42+,43+,45?,46-,51+,52-,53+,54+,55-,56-,57-,58+,59+,60+,61-,62-,63-,64-,65-,66+,67+,68+,69+,70+/m1/s1. The van der Waals surface area contributed by atoms with Crippen molar-refractivity contribution in [2.45, 2.75) is 362 Å². The van der Waals surface area contributed by atoms with Gasteiger partial charge in [-0.1, -0.05) is 160 Å². The molecule has 26 atom stereocenters. The number of benzene rings is 1. The van der Waals surface area contributed by atoms with Crippen LogP contribution in [0.1, 0.15) is 208 Å². The maximum atomic E-state index is 14.5. The molecule has 96 heavy (non-hydrogen) atoms. The van der Waals surface area contributed by atoms with Crippen LogP contribution in [0.2, 0.25) is 0 Å². The van der Waals surface area contributed by atoms with E-state index in [2.05, 4.69) is 13.8 Å². The van der Waals surface area contributed by atoms with Gasteiger partial charge in [-0.2, -0.15) is 0 Å². The van der Waals surface area contributed by atoms with Gasteiger partial charge in [-0.05, 0) is 65.0 Å². The molecule has 0 aliphatic carbocycles. The minimum atomic E-state index is -2.06. The zero-order chi connectivity index (χ0) is 69.4. The van der Waals surface area contributed by atoms with Crippen molar-refractivity contribution < 1.29 is 126 Å². The first-order valence-electron chi connectivity index (χ1n) is 35.6. The van der Waals surface area contributed by atoms with Crippen LogP contribution >= 0.6 is 0 Å². The Hall–Kier alpha value is -3.88. The lowest BCUT2D eigenvalue weighted by molar-refractivity contribution is -0.400. The quantitative estimate of drug-likeness (QED) is 0.0219. The third-order valence-electron chi connectivity index (χ3n) is 18.9. The summed E-state index contributed by atoms with van der Waals surface area (Å²) in [5, 5.41) is 92.2. The molecule has 6 aliphatic heterocycles. The summed E-state index contributed by atoms with van der Waals surface area (Å²) in [4.78, 5) is 55.2. The van der Waals surface area contributed by atoms with Crippen LogP contribution in [0.25, 0.3) is 6.08 Å². The van der Waals surface area contributed by atoms with Gasteiger partial charge in [0.1, 0.15) is 73.2 Å². The molecule has 1 aromatic carbocycles. The molecule has 6 heterocycles. The van der Waals surface area contributed by atoms with E-state index in [1.165, 1.54) is 26.8 Å². The van der Waals surface area contributed by atoms with E-state index in [9.17, 15) is 60.0 Å². The van der Waals surface area contributed by atoms with Crippen LogP contribution in [0.15, 0.2) is 36.4 Å². The van der Waals surface area contributed by atoms with Gasteiger partial charge in [0.15, 0.2) is 55.9 Å². The largest absolute Gasteiger partial charge is 0.457 e. The molecule has 6 fully saturated rings. The van der Waals surface area contributed by atoms with Crippen molar-refractivity contribution in [1.29, 1.82) is 0 Å². The summed E-state index contributed by atoms with van der Waals surface area (Å²) in [5.74, 6) is -3.21. The van der Waals surface area contributed by atoms with E-state index in [1.807, 2.05) is 0 Å². The van der Waals surface area contributed by atoms with Crippen LogP contribution in [-0.2, 0) is 85.5 Å². The lowest BCUT2D eigenvalue weighted by atomic mass is 9.95. The number of hydrogen-bond donors (Lipinski definition) is 8. The Kier molecular flexibility index (Phi) is 33.5. The van der Waals surface area contributed by atoms with E-state index in [4.69, 9.17) is 66.3 Å². The molecule has 1 unspecified atom stereocenters. The molecule has 6 saturated heterocycles. The van der Waals surface area contributed by atoms with Gasteiger partial charge in [-0.3, -0.25) is 14.4 Å². The third-order valence-corrected chi connectivity index (χ3v) is 18.9. The average molecular weight is 1370 g/mol. The zero-order valence-electron chi connectivity index (χ0n) is 57.2. The molecule has 26 nitrogen and oxygen atoms in total. The number of aliphatic hydroxyl groups excluding tert-OH is 8. The number of carbonyl (C=O) groups excluding carboxylic acids is 4. The molecule has 548 valence electrons. The summed E-state index contributed by atoms with van der Waals surface area (Å²) >= 11 is 0. The van der Waals surface area contributed by atoms with Crippen molar-refractivity contribution in [3.05, 3.63) is 42.0 Å². The number of hydrogen-bond acceptors (Lipinski definition) is 26. The fourth-order valence-electron chi connectivity index (χ4n) is 13.2. The van der Waals surface area contributed by atoms with Crippen LogP contribution in [-0.4, -0.2) is 231 Å². The summed E-state index contributed by atoms with van der Waals surface area (Å²) < 4.78 is 89.1. The van der Waals surface area contributed by atoms with Gasteiger partial charge in [0.05, 0.1) is 37.1 Å². The first-order valence-corrected chi connectivity index (χ1v) is 35.6. The van der Waals surface area contributed by atoms with E-state index in [-0.39, 0.29) is 25.4 Å². The Morgan fingerprint density at radius 1 is 0.490 bits per heavy atom. The molecule has 7 rings (SSSR count). The maximum Gasteiger partial charge on any atom is 0.331 e.